The summed E-state index contributed by atoms with van der Waals surface area (Å²) in [6.07, 6.45) is 7.64. The number of carbonyl (C=O) groups is 1. The minimum atomic E-state index is -0.577. The maximum Gasteiger partial charge on any atom is 0.420 e. The van der Waals surface area contributed by atoms with Gasteiger partial charge in [-0.3, -0.25) is 4.90 Å². The van der Waals surface area contributed by atoms with Crippen LogP contribution < -0.4 is 4.90 Å². The van der Waals surface area contributed by atoms with Crippen LogP contribution in [0.15, 0.2) is 48.7 Å². The quantitative estimate of drug-likeness (QED) is 0.547. The summed E-state index contributed by atoms with van der Waals surface area (Å²) in [5.74, 6) is 0.579. The van der Waals surface area contributed by atoms with Crippen LogP contribution in [0.3, 0.4) is 0 Å². The van der Waals surface area contributed by atoms with Gasteiger partial charge >= 0.3 is 6.09 Å². The van der Waals surface area contributed by atoms with E-state index >= 15 is 0 Å². The molecule has 0 saturated carbocycles. The summed E-state index contributed by atoms with van der Waals surface area (Å²) in [7, 11) is 0. The van der Waals surface area contributed by atoms with Gasteiger partial charge in [-0.05, 0) is 76.9 Å². The van der Waals surface area contributed by atoms with Crippen molar-refractivity contribution >= 4 is 17.6 Å². The molecule has 1 amide bonds. The Morgan fingerprint density at radius 2 is 1.93 bits per heavy atom. The Hall–Kier alpha value is -2.40. The molecule has 0 spiro atoms. The van der Waals surface area contributed by atoms with Crippen molar-refractivity contribution in [1.82, 2.24) is 9.88 Å². The number of carbonyl (C=O) groups excluding carboxylic acids is 1. The Morgan fingerprint density at radius 1 is 1.17 bits per heavy atom. The smallest absolute Gasteiger partial charge is 0.420 e. The first-order valence-corrected chi connectivity index (χ1v) is 11.2. The fourth-order valence-corrected chi connectivity index (χ4v) is 3.94. The Bertz CT molecular complexity index is 799. The van der Waals surface area contributed by atoms with E-state index in [2.05, 4.69) is 17.9 Å². The molecule has 0 aliphatic carbocycles. The molecule has 5 nitrogen and oxygen atoms in total. The molecule has 5 heteroatoms. The zero-order valence-electron chi connectivity index (χ0n) is 18.8. The summed E-state index contributed by atoms with van der Waals surface area (Å²) in [4.78, 5) is 21.8. The minimum absolute atomic E-state index is 0.415. The second-order valence-electron chi connectivity index (χ2n) is 9.00. The van der Waals surface area contributed by atoms with E-state index in [0.29, 0.717) is 11.9 Å². The van der Waals surface area contributed by atoms with Gasteiger partial charge in [0.1, 0.15) is 11.4 Å². The van der Waals surface area contributed by atoms with Crippen molar-refractivity contribution in [2.45, 2.75) is 71.4 Å². The lowest BCUT2D eigenvalue weighted by atomic mass is 9.96. The maximum atomic E-state index is 13.0. The molecular weight excluding hydrogens is 374 g/mol. The van der Waals surface area contributed by atoms with Gasteiger partial charge < -0.3 is 4.74 Å². The van der Waals surface area contributed by atoms with Crippen molar-refractivity contribution in [2.75, 3.05) is 18.0 Å². The van der Waals surface area contributed by atoms with E-state index in [4.69, 9.17) is 9.72 Å². The average Bonchev–Trinajstić information content (AvgIpc) is 2.73. The number of pyridine rings is 1. The standard InChI is InChI=1S/C25H35N3O2/c1-5-6-17-27-18-11-10-14-22(27)20-15-16-23(26-19-20)28(21-12-8-7-9-13-21)24(29)30-25(2,3)4/h7-9,12-13,15-16,19,22H,5-6,10-11,14,17-18H2,1-4H3/t22-/m0/s1. The molecule has 2 aromatic rings. The van der Waals surface area contributed by atoms with Crippen LogP contribution in [0.1, 0.15) is 71.4 Å². The highest BCUT2D eigenvalue weighted by Crippen LogP contribution is 2.32. The van der Waals surface area contributed by atoms with Crippen LogP contribution in [0.2, 0.25) is 0 Å². The van der Waals surface area contributed by atoms with Gasteiger partial charge in [0.25, 0.3) is 0 Å². The van der Waals surface area contributed by atoms with Gasteiger partial charge in [-0.2, -0.15) is 0 Å². The van der Waals surface area contributed by atoms with Crippen LogP contribution in [-0.4, -0.2) is 34.7 Å². The number of benzene rings is 1. The number of hydrogen-bond acceptors (Lipinski definition) is 4. The minimum Gasteiger partial charge on any atom is -0.443 e. The number of aromatic nitrogens is 1. The number of nitrogens with zero attached hydrogens (tertiary/aromatic N) is 3. The largest absolute Gasteiger partial charge is 0.443 e. The molecule has 2 heterocycles. The summed E-state index contributed by atoms with van der Waals surface area (Å²) in [5.41, 5.74) is 1.40. The van der Waals surface area contributed by atoms with Crippen LogP contribution in [0.25, 0.3) is 0 Å². The highest BCUT2D eigenvalue weighted by molar-refractivity contribution is 5.95. The Morgan fingerprint density at radius 3 is 2.57 bits per heavy atom. The number of hydrogen-bond donors (Lipinski definition) is 0. The van der Waals surface area contributed by atoms with Gasteiger partial charge in [0.2, 0.25) is 0 Å². The number of para-hydroxylation sites is 1. The normalized spacial score (nSPS) is 17.5. The Balaban J connectivity index is 1.85. The van der Waals surface area contributed by atoms with Gasteiger partial charge in [0.15, 0.2) is 0 Å². The zero-order chi connectivity index (χ0) is 21.6. The average molecular weight is 410 g/mol. The van der Waals surface area contributed by atoms with Gasteiger partial charge in [0, 0.05) is 12.2 Å². The molecule has 0 radical (unpaired) electrons. The van der Waals surface area contributed by atoms with Gasteiger partial charge in [-0.25, -0.2) is 14.7 Å². The predicted octanol–water partition coefficient (Wildman–Crippen LogP) is 6.48. The molecule has 30 heavy (non-hydrogen) atoms. The summed E-state index contributed by atoms with van der Waals surface area (Å²) in [6, 6.07) is 14.0. The second kappa shape index (κ2) is 10.1. The molecule has 1 aliphatic heterocycles. The van der Waals surface area contributed by atoms with E-state index in [1.54, 1.807) is 4.90 Å². The van der Waals surface area contributed by atoms with Crippen molar-refractivity contribution in [2.24, 2.45) is 0 Å². The molecule has 1 aromatic heterocycles. The Labute approximate surface area is 181 Å². The molecule has 0 unspecified atom stereocenters. The molecule has 1 fully saturated rings. The fourth-order valence-electron chi connectivity index (χ4n) is 3.94. The summed E-state index contributed by atoms with van der Waals surface area (Å²) in [5, 5.41) is 0. The topological polar surface area (TPSA) is 45.7 Å². The van der Waals surface area contributed by atoms with Crippen LogP contribution in [-0.2, 0) is 4.74 Å². The molecule has 162 valence electrons. The number of rotatable bonds is 6. The van der Waals surface area contributed by atoms with Gasteiger partial charge in [-0.15, -0.1) is 0 Å². The zero-order valence-corrected chi connectivity index (χ0v) is 18.8. The van der Waals surface area contributed by atoms with Crippen LogP contribution in [0.5, 0.6) is 0 Å². The molecule has 1 aliphatic rings. The van der Waals surface area contributed by atoms with Crippen LogP contribution in [0, 0.1) is 0 Å². The first-order chi connectivity index (χ1) is 14.4. The van der Waals surface area contributed by atoms with Crippen LogP contribution >= 0.6 is 0 Å². The lowest BCUT2D eigenvalue weighted by Gasteiger charge is -2.36. The van der Waals surface area contributed by atoms with E-state index in [1.807, 2.05) is 63.4 Å². The molecule has 1 saturated heterocycles. The third-order valence-electron chi connectivity index (χ3n) is 5.39. The summed E-state index contributed by atoms with van der Waals surface area (Å²) < 4.78 is 5.66. The number of likely N-dealkylation sites (tertiary alicyclic amines) is 1. The van der Waals surface area contributed by atoms with Crippen molar-refractivity contribution < 1.29 is 9.53 Å². The SMILES string of the molecule is CCCCN1CCCC[C@H]1c1ccc(N(C(=O)OC(C)(C)C)c2ccccc2)nc1. The fraction of sp³-hybridized carbons (Fsp3) is 0.520. The second-order valence-corrected chi connectivity index (χ2v) is 9.00. The van der Waals surface area contributed by atoms with E-state index in [1.165, 1.54) is 37.7 Å². The number of amides is 1. The van der Waals surface area contributed by atoms with E-state index in [-0.39, 0.29) is 0 Å². The summed E-state index contributed by atoms with van der Waals surface area (Å²) in [6.45, 7) is 10.2. The van der Waals surface area contributed by atoms with Crippen molar-refractivity contribution in [1.29, 1.82) is 0 Å². The van der Waals surface area contributed by atoms with Gasteiger partial charge in [0.05, 0.1) is 5.69 Å². The number of ether oxygens (including phenoxy) is 1. The number of unbranched alkanes of at least 4 members (excludes halogenated alkanes) is 1. The highest BCUT2D eigenvalue weighted by Gasteiger charge is 2.27. The Kier molecular flexibility index (Phi) is 7.48. The third-order valence-corrected chi connectivity index (χ3v) is 5.39. The number of piperidine rings is 1. The molecule has 0 N–H and O–H groups in total. The van der Waals surface area contributed by atoms with Gasteiger partial charge in [-0.1, -0.05) is 44.0 Å². The third kappa shape index (κ3) is 5.82. The van der Waals surface area contributed by atoms with E-state index in [9.17, 15) is 4.79 Å². The van der Waals surface area contributed by atoms with Crippen molar-refractivity contribution in [3.05, 3.63) is 54.2 Å². The van der Waals surface area contributed by atoms with E-state index < -0.39 is 11.7 Å². The first-order valence-electron chi connectivity index (χ1n) is 11.2. The number of anilines is 2. The molecule has 1 atom stereocenters. The summed E-state index contributed by atoms with van der Waals surface area (Å²) >= 11 is 0. The van der Waals surface area contributed by atoms with Crippen molar-refractivity contribution in [3.8, 4) is 0 Å². The molecular formula is C25H35N3O2. The lowest BCUT2D eigenvalue weighted by molar-refractivity contribution is 0.0598. The van der Waals surface area contributed by atoms with E-state index in [0.717, 1.165) is 18.8 Å². The highest BCUT2D eigenvalue weighted by atomic mass is 16.6. The molecule has 1 aromatic carbocycles. The first kappa shape index (κ1) is 22.3. The molecule has 3 rings (SSSR count). The van der Waals surface area contributed by atoms with Crippen LogP contribution in [0.4, 0.5) is 16.3 Å². The lowest BCUT2D eigenvalue weighted by Crippen LogP contribution is -2.35. The predicted molar refractivity (Wildman–Crippen MR) is 122 cm³/mol. The van der Waals surface area contributed by atoms with Crippen molar-refractivity contribution in [3.63, 3.8) is 0 Å². The molecule has 0 bridgehead atoms. The monoisotopic (exact) mass is 409 g/mol. The maximum absolute atomic E-state index is 13.0.